The molecule has 1 heterocycles. The highest BCUT2D eigenvalue weighted by atomic mass is 15.1. The van der Waals surface area contributed by atoms with Crippen LogP contribution in [0.2, 0.25) is 0 Å². The number of hydrogen-bond acceptors (Lipinski definition) is 2. The maximum atomic E-state index is 6.04. The van der Waals surface area contributed by atoms with Crippen molar-refractivity contribution < 1.29 is 0 Å². The number of nitrogens with zero attached hydrogens (tertiary/aromatic N) is 1. The van der Waals surface area contributed by atoms with Crippen molar-refractivity contribution in [2.45, 2.75) is 46.1 Å². The molecule has 0 aromatic carbocycles. The molecule has 0 spiro atoms. The molecule has 0 saturated carbocycles. The van der Waals surface area contributed by atoms with E-state index in [0.29, 0.717) is 11.5 Å². The smallest absolute Gasteiger partial charge is 0.00565 e. The quantitative estimate of drug-likeness (QED) is 0.709. The summed E-state index contributed by atoms with van der Waals surface area (Å²) in [6.45, 7) is 10.6. The minimum atomic E-state index is 0.408. The summed E-state index contributed by atoms with van der Waals surface area (Å²) in [7, 11) is 0. The summed E-state index contributed by atoms with van der Waals surface area (Å²) in [4.78, 5) is 2.56. The molecule has 0 amide bonds. The molecule has 0 bridgehead atoms. The van der Waals surface area contributed by atoms with E-state index < -0.39 is 0 Å². The van der Waals surface area contributed by atoms with E-state index in [1.165, 1.54) is 38.9 Å². The van der Waals surface area contributed by atoms with Crippen molar-refractivity contribution in [1.29, 1.82) is 0 Å². The number of likely N-dealkylation sites (tertiary alicyclic amines) is 1. The van der Waals surface area contributed by atoms with E-state index in [-0.39, 0.29) is 0 Å². The molecule has 2 N–H and O–H groups in total. The molecule has 1 aliphatic heterocycles. The third kappa shape index (κ3) is 3.65. The molecule has 1 rings (SSSR count). The van der Waals surface area contributed by atoms with Gasteiger partial charge >= 0.3 is 0 Å². The summed E-state index contributed by atoms with van der Waals surface area (Å²) >= 11 is 0. The van der Waals surface area contributed by atoms with Gasteiger partial charge in [0.05, 0.1) is 0 Å². The van der Waals surface area contributed by atoms with Gasteiger partial charge in [0.2, 0.25) is 0 Å². The van der Waals surface area contributed by atoms with E-state index in [9.17, 15) is 0 Å². The Morgan fingerprint density at radius 1 is 1.46 bits per heavy atom. The average Bonchev–Trinajstić information content (AvgIpc) is 2.09. The summed E-state index contributed by atoms with van der Waals surface area (Å²) in [6, 6.07) is 0.414. The topological polar surface area (TPSA) is 29.3 Å². The largest absolute Gasteiger partial charge is 0.328 e. The van der Waals surface area contributed by atoms with Crippen molar-refractivity contribution in [3.05, 3.63) is 0 Å². The van der Waals surface area contributed by atoms with Crippen LogP contribution in [0.4, 0.5) is 0 Å². The molecular weight excluding hydrogens is 160 g/mol. The molecule has 78 valence electrons. The van der Waals surface area contributed by atoms with Crippen LogP contribution >= 0.6 is 0 Å². The lowest BCUT2D eigenvalue weighted by atomic mass is 9.86. The van der Waals surface area contributed by atoms with Gasteiger partial charge < -0.3 is 10.6 Å². The molecule has 0 aromatic rings. The lowest BCUT2D eigenvalue weighted by Gasteiger charge is -2.29. The van der Waals surface area contributed by atoms with Crippen LogP contribution in [0.1, 0.15) is 40.0 Å². The van der Waals surface area contributed by atoms with Crippen molar-refractivity contribution in [2.75, 3.05) is 19.6 Å². The normalized spacial score (nSPS) is 30.0. The van der Waals surface area contributed by atoms with Gasteiger partial charge in [0.15, 0.2) is 0 Å². The van der Waals surface area contributed by atoms with Crippen molar-refractivity contribution in [1.82, 2.24) is 4.90 Å². The highest BCUT2D eigenvalue weighted by Crippen LogP contribution is 2.27. The Morgan fingerprint density at radius 3 is 2.77 bits per heavy atom. The number of rotatable bonds is 2. The maximum absolute atomic E-state index is 6.04. The lowest BCUT2D eigenvalue weighted by molar-refractivity contribution is 0.195. The summed E-state index contributed by atoms with van der Waals surface area (Å²) in [5.41, 5.74) is 6.45. The van der Waals surface area contributed by atoms with Gasteiger partial charge in [0, 0.05) is 12.6 Å². The molecular formula is C11H24N2. The Hall–Kier alpha value is -0.0800. The molecule has 1 unspecified atom stereocenters. The molecule has 13 heavy (non-hydrogen) atoms. The summed E-state index contributed by atoms with van der Waals surface area (Å²) in [5, 5.41) is 0. The summed E-state index contributed by atoms with van der Waals surface area (Å²) < 4.78 is 0. The van der Waals surface area contributed by atoms with E-state index in [1.54, 1.807) is 0 Å². The second-order valence-electron chi connectivity index (χ2n) is 5.19. The average molecular weight is 184 g/mol. The van der Waals surface area contributed by atoms with Gasteiger partial charge in [0.1, 0.15) is 0 Å². The Bertz CT molecular complexity index is 154. The van der Waals surface area contributed by atoms with Crippen molar-refractivity contribution in [2.24, 2.45) is 11.1 Å². The predicted molar refractivity (Wildman–Crippen MR) is 57.7 cm³/mol. The Morgan fingerprint density at radius 2 is 2.15 bits per heavy atom. The number of nitrogens with two attached hydrogens (primary N) is 1. The molecule has 2 nitrogen and oxygen atoms in total. The summed E-state index contributed by atoms with van der Waals surface area (Å²) in [5.74, 6) is 0. The minimum absolute atomic E-state index is 0.408. The first-order valence-electron chi connectivity index (χ1n) is 5.51. The van der Waals surface area contributed by atoms with Gasteiger partial charge in [-0.3, -0.25) is 0 Å². The molecule has 0 aliphatic carbocycles. The molecule has 1 aliphatic rings. The zero-order valence-electron chi connectivity index (χ0n) is 9.34. The van der Waals surface area contributed by atoms with Crippen molar-refractivity contribution >= 4 is 0 Å². The van der Waals surface area contributed by atoms with E-state index in [0.717, 1.165) is 0 Å². The molecule has 0 radical (unpaired) electrons. The lowest BCUT2D eigenvalue weighted by Crippen LogP contribution is -2.33. The van der Waals surface area contributed by atoms with E-state index in [2.05, 4.69) is 25.7 Å². The minimum Gasteiger partial charge on any atom is -0.328 e. The molecule has 1 atom stereocenters. The van der Waals surface area contributed by atoms with Crippen LogP contribution in [0.5, 0.6) is 0 Å². The second-order valence-corrected chi connectivity index (χ2v) is 5.19. The van der Waals surface area contributed by atoms with E-state index in [4.69, 9.17) is 5.73 Å². The van der Waals surface area contributed by atoms with Crippen LogP contribution in [0.25, 0.3) is 0 Å². The zero-order chi connectivity index (χ0) is 9.90. The summed E-state index contributed by atoms with van der Waals surface area (Å²) in [6.07, 6.45) is 3.60. The first-order valence-corrected chi connectivity index (χ1v) is 5.51. The first-order chi connectivity index (χ1) is 6.03. The fraction of sp³-hybridized carbons (Fsp3) is 1.00. The fourth-order valence-electron chi connectivity index (χ4n) is 2.42. The van der Waals surface area contributed by atoms with Gasteiger partial charge in [-0.1, -0.05) is 20.8 Å². The molecule has 1 saturated heterocycles. The third-order valence-corrected chi connectivity index (χ3v) is 2.82. The molecule has 2 heteroatoms. The van der Waals surface area contributed by atoms with E-state index >= 15 is 0 Å². The Balaban J connectivity index is 2.52. The van der Waals surface area contributed by atoms with Crippen molar-refractivity contribution in [3.8, 4) is 0 Å². The SMILES string of the molecule is CCCN1CCC(N)CC(C)(C)C1. The van der Waals surface area contributed by atoms with Crippen LogP contribution in [-0.4, -0.2) is 30.6 Å². The van der Waals surface area contributed by atoms with Gasteiger partial charge in [0.25, 0.3) is 0 Å². The van der Waals surface area contributed by atoms with Gasteiger partial charge in [-0.2, -0.15) is 0 Å². The third-order valence-electron chi connectivity index (χ3n) is 2.82. The van der Waals surface area contributed by atoms with Gasteiger partial charge in [-0.05, 0) is 37.8 Å². The fourth-order valence-corrected chi connectivity index (χ4v) is 2.42. The van der Waals surface area contributed by atoms with Crippen molar-refractivity contribution in [3.63, 3.8) is 0 Å². The van der Waals surface area contributed by atoms with E-state index in [1.807, 2.05) is 0 Å². The van der Waals surface area contributed by atoms with Crippen LogP contribution in [0, 0.1) is 5.41 Å². The highest BCUT2D eigenvalue weighted by molar-refractivity contribution is 4.83. The van der Waals surface area contributed by atoms with Gasteiger partial charge in [-0.25, -0.2) is 0 Å². The zero-order valence-corrected chi connectivity index (χ0v) is 9.34. The van der Waals surface area contributed by atoms with Crippen LogP contribution in [0.3, 0.4) is 0 Å². The molecule has 1 fully saturated rings. The van der Waals surface area contributed by atoms with Gasteiger partial charge in [-0.15, -0.1) is 0 Å². The maximum Gasteiger partial charge on any atom is 0.00565 e. The second kappa shape index (κ2) is 4.43. The standard InChI is InChI=1S/C11H24N2/c1-4-6-13-7-5-10(12)8-11(2,3)9-13/h10H,4-9,12H2,1-3H3. The highest BCUT2D eigenvalue weighted by Gasteiger charge is 2.27. The monoisotopic (exact) mass is 184 g/mol. The molecule has 0 aromatic heterocycles. The van der Waals surface area contributed by atoms with Crippen LogP contribution < -0.4 is 5.73 Å². The predicted octanol–water partition coefficient (Wildman–Crippen LogP) is 1.85. The van der Waals surface area contributed by atoms with Crippen LogP contribution in [-0.2, 0) is 0 Å². The first kappa shape index (κ1) is 11.0. The Labute approximate surface area is 82.5 Å². The van der Waals surface area contributed by atoms with Crippen LogP contribution in [0.15, 0.2) is 0 Å². The Kier molecular flexibility index (Phi) is 3.74. The number of hydrogen-bond donors (Lipinski definition) is 1.